The van der Waals surface area contributed by atoms with Crippen molar-refractivity contribution < 1.29 is 23.4 Å². The van der Waals surface area contributed by atoms with Crippen LogP contribution in [0.2, 0.25) is 0 Å². The van der Waals surface area contributed by atoms with Crippen LogP contribution in [0.1, 0.15) is 18.1 Å². The zero-order chi connectivity index (χ0) is 13.8. The third-order valence-corrected chi connectivity index (χ3v) is 2.82. The van der Waals surface area contributed by atoms with Crippen molar-refractivity contribution in [1.82, 2.24) is 0 Å². The van der Waals surface area contributed by atoms with Gasteiger partial charge in [-0.2, -0.15) is 18.4 Å². The minimum atomic E-state index is -4.41. The summed E-state index contributed by atoms with van der Waals surface area (Å²) in [6, 6.07) is 6.82. The molecule has 2 atom stereocenters. The standard InChI is InChI=1S/C11H10F3NO2S/c12-11(13,14)18-8-3-1-2-7(6-8)10(17)9(16)4-5-15/h1-3,6,9-10,16-17H,4H2. The molecular weight excluding hydrogens is 267 g/mol. The van der Waals surface area contributed by atoms with Gasteiger partial charge in [0.1, 0.15) is 6.10 Å². The van der Waals surface area contributed by atoms with Gasteiger partial charge in [0.25, 0.3) is 0 Å². The predicted octanol–water partition coefficient (Wildman–Crippen LogP) is 2.61. The van der Waals surface area contributed by atoms with Crippen molar-refractivity contribution in [2.24, 2.45) is 0 Å². The third-order valence-electron chi connectivity index (χ3n) is 2.10. The zero-order valence-electron chi connectivity index (χ0n) is 9.05. The maximum atomic E-state index is 12.2. The van der Waals surface area contributed by atoms with Crippen LogP contribution in [0, 0.1) is 11.3 Å². The smallest absolute Gasteiger partial charge is 0.389 e. The maximum Gasteiger partial charge on any atom is 0.446 e. The molecule has 98 valence electrons. The lowest BCUT2D eigenvalue weighted by Gasteiger charge is -2.16. The first-order valence-electron chi connectivity index (χ1n) is 4.92. The molecule has 0 aliphatic rings. The number of hydrogen-bond donors (Lipinski definition) is 2. The Kier molecular flexibility index (Phi) is 5.02. The molecule has 2 unspecified atom stereocenters. The van der Waals surface area contributed by atoms with Gasteiger partial charge in [0.15, 0.2) is 0 Å². The van der Waals surface area contributed by atoms with Crippen LogP contribution in [-0.4, -0.2) is 21.8 Å². The van der Waals surface area contributed by atoms with Gasteiger partial charge in [-0.05, 0) is 29.5 Å². The van der Waals surface area contributed by atoms with Crippen molar-refractivity contribution >= 4 is 11.8 Å². The van der Waals surface area contributed by atoms with Crippen molar-refractivity contribution in [1.29, 1.82) is 5.26 Å². The van der Waals surface area contributed by atoms with E-state index in [1.54, 1.807) is 6.07 Å². The number of benzene rings is 1. The minimum Gasteiger partial charge on any atom is -0.389 e. The Hall–Kier alpha value is -1.23. The summed E-state index contributed by atoms with van der Waals surface area (Å²) < 4.78 is 36.5. The van der Waals surface area contributed by atoms with Crippen LogP contribution in [0.25, 0.3) is 0 Å². The third kappa shape index (κ3) is 4.56. The monoisotopic (exact) mass is 277 g/mol. The Morgan fingerprint density at radius 2 is 2.00 bits per heavy atom. The number of thioether (sulfide) groups is 1. The highest BCUT2D eigenvalue weighted by atomic mass is 32.2. The number of halogens is 3. The summed E-state index contributed by atoms with van der Waals surface area (Å²) in [6.07, 6.45) is -2.99. The molecule has 0 saturated carbocycles. The summed E-state index contributed by atoms with van der Waals surface area (Å²) in [5.74, 6) is 0. The lowest BCUT2D eigenvalue weighted by atomic mass is 10.0. The van der Waals surface area contributed by atoms with Crippen molar-refractivity contribution in [2.45, 2.75) is 29.0 Å². The molecular formula is C11H10F3NO2S. The first kappa shape index (κ1) is 14.8. The van der Waals surface area contributed by atoms with E-state index in [4.69, 9.17) is 5.26 Å². The Morgan fingerprint density at radius 1 is 1.33 bits per heavy atom. The average molecular weight is 277 g/mol. The number of rotatable bonds is 4. The molecule has 0 bridgehead atoms. The van der Waals surface area contributed by atoms with Crippen molar-refractivity contribution in [3.8, 4) is 6.07 Å². The quantitative estimate of drug-likeness (QED) is 0.830. The molecule has 2 N–H and O–H groups in total. The summed E-state index contributed by atoms with van der Waals surface area (Å²) in [7, 11) is 0. The van der Waals surface area contributed by atoms with Crippen molar-refractivity contribution in [3.63, 3.8) is 0 Å². The first-order valence-corrected chi connectivity index (χ1v) is 5.74. The van der Waals surface area contributed by atoms with Gasteiger partial charge in [-0.15, -0.1) is 0 Å². The summed E-state index contributed by atoms with van der Waals surface area (Å²) in [4.78, 5) is -0.0804. The van der Waals surface area contributed by atoms with E-state index in [-0.39, 0.29) is 28.6 Å². The molecule has 1 aromatic carbocycles. The van der Waals surface area contributed by atoms with E-state index in [2.05, 4.69) is 0 Å². The Morgan fingerprint density at radius 3 is 2.56 bits per heavy atom. The molecule has 0 radical (unpaired) electrons. The average Bonchev–Trinajstić information content (AvgIpc) is 2.26. The van der Waals surface area contributed by atoms with E-state index in [1.807, 2.05) is 0 Å². The van der Waals surface area contributed by atoms with Gasteiger partial charge in [-0.25, -0.2) is 0 Å². The van der Waals surface area contributed by atoms with Crippen molar-refractivity contribution in [2.75, 3.05) is 0 Å². The van der Waals surface area contributed by atoms with E-state index in [1.165, 1.54) is 18.2 Å². The molecule has 7 heteroatoms. The second-order valence-electron chi connectivity index (χ2n) is 3.49. The van der Waals surface area contributed by atoms with Gasteiger partial charge in [0.05, 0.1) is 18.6 Å². The lowest BCUT2D eigenvalue weighted by molar-refractivity contribution is -0.0328. The fourth-order valence-corrected chi connectivity index (χ4v) is 1.93. The number of aliphatic hydroxyl groups excluding tert-OH is 2. The summed E-state index contributed by atoms with van der Waals surface area (Å²) in [5.41, 5.74) is -4.26. The highest BCUT2D eigenvalue weighted by Gasteiger charge is 2.29. The molecule has 0 aromatic heterocycles. The summed E-state index contributed by atoms with van der Waals surface area (Å²) in [6.45, 7) is 0. The van der Waals surface area contributed by atoms with Crippen molar-refractivity contribution in [3.05, 3.63) is 29.8 Å². The van der Waals surface area contributed by atoms with Crippen LogP contribution < -0.4 is 0 Å². The second-order valence-corrected chi connectivity index (χ2v) is 4.63. The Bertz CT molecular complexity index is 445. The summed E-state index contributed by atoms with van der Waals surface area (Å²) >= 11 is -0.300. The Balaban J connectivity index is 2.85. The van der Waals surface area contributed by atoms with Crippen LogP contribution in [-0.2, 0) is 0 Å². The number of hydrogen-bond acceptors (Lipinski definition) is 4. The van der Waals surface area contributed by atoms with Gasteiger partial charge >= 0.3 is 5.51 Å². The number of nitriles is 1. The first-order chi connectivity index (χ1) is 8.33. The van der Waals surface area contributed by atoms with E-state index in [0.717, 1.165) is 6.07 Å². The van der Waals surface area contributed by atoms with Gasteiger partial charge < -0.3 is 10.2 Å². The molecule has 0 fully saturated rings. The van der Waals surface area contributed by atoms with Crippen LogP contribution >= 0.6 is 11.8 Å². The fraction of sp³-hybridized carbons (Fsp3) is 0.364. The predicted molar refractivity (Wildman–Crippen MR) is 59.6 cm³/mol. The Labute approximate surface area is 106 Å². The van der Waals surface area contributed by atoms with E-state index in [9.17, 15) is 23.4 Å². The van der Waals surface area contributed by atoms with Crippen LogP contribution in [0.15, 0.2) is 29.2 Å². The zero-order valence-corrected chi connectivity index (χ0v) is 9.87. The van der Waals surface area contributed by atoms with Gasteiger partial charge in [-0.1, -0.05) is 12.1 Å². The highest BCUT2D eigenvalue weighted by molar-refractivity contribution is 8.00. The topological polar surface area (TPSA) is 64.2 Å². The maximum absolute atomic E-state index is 12.2. The number of aliphatic hydroxyl groups is 2. The minimum absolute atomic E-state index is 0.0804. The number of alkyl halides is 3. The molecule has 0 aliphatic carbocycles. The molecule has 0 aliphatic heterocycles. The molecule has 0 amide bonds. The van der Waals surface area contributed by atoms with E-state index >= 15 is 0 Å². The van der Waals surface area contributed by atoms with Crippen LogP contribution in [0.3, 0.4) is 0 Å². The number of nitrogens with zero attached hydrogens (tertiary/aromatic N) is 1. The van der Waals surface area contributed by atoms with E-state index in [0.29, 0.717) is 0 Å². The van der Waals surface area contributed by atoms with Gasteiger partial charge in [0, 0.05) is 4.90 Å². The largest absolute Gasteiger partial charge is 0.446 e. The van der Waals surface area contributed by atoms with Crippen LogP contribution in [0.5, 0.6) is 0 Å². The normalized spacial score (nSPS) is 14.9. The highest BCUT2D eigenvalue weighted by Crippen LogP contribution is 2.37. The van der Waals surface area contributed by atoms with Gasteiger partial charge in [0.2, 0.25) is 0 Å². The van der Waals surface area contributed by atoms with E-state index < -0.39 is 17.7 Å². The molecule has 0 heterocycles. The fourth-order valence-electron chi connectivity index (χ4n) is 1.32. The lowest BCUT2D eigenvalue weighted by Crippen LogP contribution is -2.17. The SMILES string of the molecule is N#CCC(O)C(O)c1cccc(SC(F)(F)F)c1. The molecule has 1 rings (SSSR count). The summed E-state index contributed by atoms with van der Waals surface area (Å²) in [5, 5.41) is 27.4. The van der Waals surface area contributed by atoms with Crippen LogP contribution in [0.4, 0.5) is 13.2 Å². The molecule has 0 spiro atoms. The van der Waals surface area contributed by atoms with Gasteiger partial charge in [-0.3, -0.25) is 0 Å². The molecule has 3 nitrogen and oxygen atoms in total. The molecule has 0 saturated heterocycles. The second kappa shape index (κ2) is 6.09. The molecule has 1 aromatic rings. The molecule has 18 heavy (non-hydrogen) atoms.